The normalized spacial score (nSPS) is 17.2. The molecule has 0 aromatic carbocycles. The SMILES string of the molecule is CCN(CC)CCNCCNCCN1CCNCC1. The molecular formula is C14H33N5. The van der Waals surface area contributed by atoms with Crippen LogP contribution < -0.4 is 16.0 Å². The van der Waals surface area contributed by atoms with Crippen LogP contribution in [0.15, 0.2) is 0 Å². The average molecular weight is 271 g/mol. The summed E-state index contributed by atoms with van der Waals surface area (Å²) >= 11 is 0. The third-order valence-corrected chi connectivity index (χ3v) is 3.79. The van der Waals surface area contributed by atoms with E-state index in [1.807, 2.05) is 0 Å². The van der Waals surface area contributed by atoms with Crippen LogP contribution in [0, 0.1) is 0 Å². The smallest absolute Gasteiger partial charge is 0.0108 e. The van der Waals surface area contributed by atoms with Gasteiger partial charge in [-0.1, -0.05) is 13.8 Å². The Morgan fingerprint density at radius 2 is 1.58 bits per heavy atom. The van der Waals surface area contributed by atoms with Gasteiger partial charge in [0.05, 0.1) is 0 Å². The highest BCUT2D eigenvalue weighted by Gasteiger charge is 2.07. The Balaban J connectivity index is 1.80. The molecule has 5 nitrogen and oxygen atoms in total. The van der Waals surface area contributed by atoms with E-state index < -0.39 is 0 Å². The van der Waals surface area contributed by atoms with E-state index in [0.717, 1.165) is 58.9 Å². The van der Waals surface area contributed by atoms with Gasteiger partial charge in [0, 0.05) is 65.4 Å². The maximum absolute atomic E-state index is 3.51. The Kier molecular flexibility index (Phi) is 10.3. The van der Waals surface area contributed by atoms with Gasteiger partial charge in [0.1, 0.15) is 0 Å². The quantitative estimate of drug-likeness (QED) is 0.439. The van der Waals surface area contributed by atoms with Gasteiger partial charge < -0.3 is 20.9 Å². The minimum Gasteiger partial charge on any atom is -0.314 e. The largest absolute Gasteiger partial charge is 0.314 e. The van der Waals surface area contributed by atoms with Crippen LogP contribution in [0.5, 0.6) is 0 Å². The molecule has 0 aliphatic carbocycles. The summed E-state index contributed by atoms with van der Waals surface area (Å²) in [5, 5.41) is 10.4. The lowest BCUT2D eigenvalue weighted by molar-refractivity contribution is 0.241. The first-order valence-electron chi connectivity index (χ1n) is 7.93. The van der Waals surface area contributed by atoms with E-state index in [1.54, 1.807) is 0 Å². The van der Waals surface area contributed by atoms with Crippen LogP contribution in [0.1, 0.15) is 13.8 Å². The molecule has 0 spiro atoms. The lowest BCUT2D eigenvalue weighted by atomic mass is 10.3. The molecule has 0 unspecified atom stereocenters. The van der Waals surface area contributed by atoms with Crippen molar-refractivity contribution in [2.45, 2.75) is 13.8 Å². The molecule has 1 aliphatic rings. The highest BCUT2D eigenvalue weighted by atomic mass is 15.2. The van der Waals surface area contributed by atoms with Crippen molar-refractivity contribution in [2.24, 2.45) is 0 Å². The second-order valence-electron chi connectivity index (χ2n) is 5.12. The Morgan fingerprint density at radius 1 is 0.947 bits per heavy atom. The molecule has 0 saturated carbocycles. The van der Waals surface area contributed by atoms with Crippen molar-refractivity contribution in [1.29, 1.82) is 0 Å². The van der Waals surface area contributed by atoms with Crippen LogP contribution >= 0.6 is 0 Å². The van der Waals surface area contributed by atoms with E-state index in [2.05, 4.69) is 39.6 Å². The minimum absolute atomic E-state index is 1.07. The zero-order valence-electron chi connectivity index (χ0n) is 12.9. The molecule has 0 atom stereocenters. The summed E-state index contributed by atoms with van der Waals surface area (Å²) in [4.78, 5) is 4.97. The van der Waals surface area contributed by atoms with Crippen molar-refractivity contribution in [3.63, 3.8) is 0 Å². The van der Waals surface area contributed by atoms with Gasteiger partial charge in [-0.3, -0.25) is 4.90 Å². The van der Waals surface area contributed by atoms with E-state index in [1.165, 1.54) is 19.6 Å². The average Bonchev–Trinajstić information content (AvgIpc) is 2.47. The third-order valence-electron chi connectivity index (χ3n) is 3.79. The van der Waals surface area contributed by atoms with Crippen molar-refractivity contribution < 1.29 is 0 Å². The number of hydrogen-bond donors (Lipinski definition) is 3. The minimum atomic E-state index is 1.07. The van der Waals surface area contributed by atoms with Gasteiger partial charge in [-0.25, -0.2) is 0 Å². The molecule has 1 rings (SSSR count). The van der Waals surface area contributed by atoms with E-state index in [4.69, 9.17) is 0 Å². The van der Waals surface area contributed by atoms with Gasteiger partial charge in [-0.05, 0) is 13.1 Å². The monoisotopic (exact) mass is 271 g/mol. The zero-order valence-corrected chi connectivity index (χ0v) is 12.9. The summed E-state index contributed by atoms with van der Waals surface area (Å²) in [5.41, 5.74) is 0. The van der Waals surface area contributed by atoms with Crippen LogP contribution in [-0.4, -0.2) is 88.3 Å². The molecule has 1 aliphatic heterocycles. The molecule has 3 N–H and O–H groups in total. The third kappa shape index (κ3) is 8.55. The molecule has 114 valence electrons. The molecule has 0 aromatic rings. The number of rotatable bonds is 11. The molecule has 1 fully saturated rings. The summed E-state index contributed by atoms with van der Waals surface area (Å²) in [6.07, 6.45) is 0. The summed E-state index contributed by atoms with van der Waals surface area (Å²) < 4.78 is 0. The number of piperazine rings is 1. The van der Waals surface area contributed by atoms with Gasteiger partial charge >= 0.3 is 0 Å². The van der Waals surface area contributed by atoms with E-state index in [0.29, 0.717) is 0 Å². The maximum atomic E-state index is 3.51. The number of likely N-dealkylation sites (N-methyl/N-ethyl adjacent to an activating group) is 1. The fraction of sp³-hybridized carbons (Fsp3) is 1.00. The summed E-state index contributed by atoms with van der Waals surface area (Å²) in [6, 6.07) is 0. The molecule has 1 saturated heterocycles. The molecule has 19 heavy (non-hydrogen) atoms. The van der Waals surface area contributed by atoms with Crippen LogP contribution in [0.25, 0.3) is 0 Å². The Hall–Kier alpha value is -0.200. The summed E-state index contributed by atoms with van der Waals surface area (Å²) in [7, 11) is 0. The van der Waals surface area contributed by atoms with Gasteiger partial charge in [0.2, 0.25) is 0 Å². The molecular weight excluding hydrogens is 238 g/mol. The first kappa shape index (κ1) is 16.9. The Bertz CT molecular complexity index is 190. The standard InChI is InChI=1S/C14H33N5/c1-3-18(4-2)11-7-15-5-6-16-8-12-19-13-9-17-10-14-19/h15-17H,3-14H2,1-2H3. The molecule has 0 amide bonds. The Labute approximate surface area is 119 Å². The van der Waals surface area contributed by atoms with E-state index >= 15 is 0 Å². The van der Waals surface area contributed by atoms with Crippen molar-refractivity contribution in [1.82, 2.24) is 25.8 Å². The highest BCUT2D eigenvalue weighted by molar-refractivity contribution is 4.68. The maximum Gasteiger partial charge on any atom is 0.0108 e. The second kappa shape index (κ2) is 11.6. The number of hydrogen-bond acceptors (Lipinski definition) is 5. The van der Waals surface area contributed by atoms with Crippen molar-refractivity contribution in [3.8, 4) is 0 Å². The van der Waals surface area contributed by atoms with Crippen LogP contribution in [-0.2, 0) is 0 Å². The Morgan fingerprint density at radius 3 is 2.21 bits per heavy atom. The number of nitrogens with one attached hydrogen (secondary N) is 3. The van der Waals surface area contributed by atoms with Crippen LogP contribution in [0.3, 0.4) is 0 Å². The van der Waals surface area contributed by atoms with Crippen LogP contribution in [0.2, 0.25) is 0 Å². The lowest BCUT2D eigenvalue weighted by Crippen LogP contribution is -2.46. The first-order valence-corrected chi connectivity index (χ1v) is 7.93. The zero-order chi connectivity index (χ0) is 13.8. The van der Waals surface area contributed by atoms with Gasteiger partial charge in [-0.2, -0.15) is 0 Å². The van der Waals surface area contributed by atoms with E-state index in [-0.39, 0.29) is 0 Å². The first-order chi connectivity index (χ1) is 9.36. The van der Waals surface area contributed by atoms with Gasteiger partial charge in [0.15, 0.2) is 0 Å². The fourth-order valence-corrected chi connectivity index (χ4v) is 2.38. The van der Waals surface area contributed by atoms with Crippen molar-refractivity contribution in [2.75, 3.05) is 78.5 Å². The summed E-state index contributed by atoms with van der Waals surface area (Å²) in [5.74, 6) is 0. The predicted octanol–water partition coefficient (Wildman–Crippen LogP) is -0.587. The van der Waals surface area contributed by atoms with Crippen molar-refractivity contribution in [3.05, 3.63) is 0 Å². The second-order valence-corrected chi connectivity index (χ2v) is 5.12. The number of nitrogens with zero attached hydrogens (tertiary/aromatic N) is 2. The topological polar surface area (TPSA) is 42.6 Å². The molecule has 0 radical (unpaired) electrons. The lowest BCUT2D eigenvalue weighted by Gasteiger charge is -2.27. The van der Waals surface area contributed by atoms with Gasteiger partial charge in [-0.15, -0.1) is 0 Å². The molecule has 5 heteroatoms. The van der Waals surface area contributed by atoms with Crippen molar-refractivity contribution >= 4 is 0 Å². The van der Waals surface area contributed by atoms with Gasteiger partial charge in [0.25, 0.3) is 0 Å². The predicted molar refractivity (Wildman–Crippen MR) is 82.8 cm³/mol. The molecule has 1 heterocycles. The molecule has 0 aromatic heterocycles. The van der Waals surface area contributed by atoms with Crippen LogP contribution in [0.4, 0.5) is 0 Å². The summed E-state index contributed by atoms with van der Waals surface area (Å²) in [6.45, 7) is 18.1. The fourth-order valence-electron chi connectivity index (χ4n) is 2.38. The highest BCUT2D eigenvalue weighted by Crippen LogP contribution is 1.89. The van der Waals surface area contributed by atoms with E-state index in [9.17, 15) is 0 Å². The molecule has 0 bridgehead atoms.